The Morgan fingerprint density at radius 1 is 1.25 bits per heavy atom. The lowest BCUT2D eigenvalue weighted by Crippen LogP contribution is -1.99. The van der Waals surface area contributed by atoms with Crippen molar-refractivity contribution in [2.45, 2.75) is 0 Å². The van der Waals surface area contributed by atoms with Crippen molar-refractivity contribution in [2.24, 2.45) is 0 Å². The fourth-order valence-corrected chi connectivity index (χ4v) is 1.44. The van der Waals surface area contributed by atoms with Gasteiger partial charge >= 0.3 is 0 Å². The summed E-state index contributed by atoms with van der Waals surface area (Å²) in [5.74, 6) is -0.368. The third kappa shape index (κ3) is 7.96. The standard InChI is InChI=1S/C6H3Cl3.C3H6O3S/c7-4-1-2-5(8)6(9)3-4;1-2-3-7(4,5)6/h1-3H;2H,1,3H2,(H,4,5,6). The van der Waals surface area contributed by atoms with E-state index in [-0.39, 0.29) is 5.75 Å². The summed E-state index contributed by atoms with van der Waals surface area (Å²) in [5, 5.41) is 1.62. The van der Waals surface area contributed by atoms with Crippen LogP contribution in [0.15, 0.2) is 30.9 Å². The molecule has 16 heavy (non-hydrogen) atoms. The molecule has 0 radical (unpaired) electrons. The molecule has 0 heterocycles. The lowest BCUT2D eigenvalue weighted by molar-refractivity contribution is 0.487. The molecule has 0 saturated heterocycles. The van der Waals surface area contributed by atoms with E-state index in [1.165, 1.54) is 0 Å². The Bertz CT molecular complexity index is 457. The van der Waals surface area contributed by atoms with Crippen LogP contribution in [0, 0.1) is 0 Å². The topological polar surface area (TPSA) is 54.4 Å². The Labute approximate surface area is 109 Å². The maximum Gasteiger partial charge on any atom is 0.268 e. The summed E-state index contributed by atoms with van der Waals surface area (Å²) in [4.78, 5) is 0. The second-order valence-electron chi connectivity index (χ2n) is 2.60. The van der Waals surface area contributed by atoms with E-state index in [4.69, 9.17) is 39.4 Å². The molecule has 0 aromatic heterocycles. The van der Waals surface area contributed by atoms with E-state index in [9.17, 15) is 8.42 Å². The van der Waals surface area contributed by atoms with Crippen LogP contribution in [0.1, 0.15) is 0 Å². The molecule has 0 fully saturated rings. The number of halogens is 3. The van der Waals surface area contributed by atoms with Gasteiger partial charge in [0.05, 0.1) is 15.8 Å². The molecule has 0 aliphatic rings. The van der Waals surface area contributed by atoms with Gasteiger partial charge < -0.3 is 0 Å². The molecule has 1 rings (SSSR count). The van der Waals surface area contributed by atoms with Crippen LogP contribution >= 0.6 is 34.8 Å². The smallest absolute Gasteiger partial charge is 0.268 e. The van der Waals surface area contributed by atoms with Crippen molar-refractivity contribution in [3.05, 3.63) is 45.9 Å². The highest BCUT2D eigenvalue weighted by atomic mass is 35.5. The Balaban J connectivity index is 0.000000293. The quantitative estimate of drug-likeness (QED) is 0.515. The van der Waals surface area contributed by atoms with Crippen molar-refractivity contribution in [3.8, 4) is 0 Å². The third-order valence-electron chi connectivity index (χ3n) is 1.21. The van der Waals surface area contributed by atoms with E-state index < -0.39 is 10.1 Å². The molecule has 3 nitrogen and oxygen atoms in total. The van der Waals surface area contributed by atoms with Gasteiger partial charge in [-0.05, 0) is 18.2 Å². The molecule has 1 aromatic rings. The second kappa shape index (κ2) is 7.14. The molecule has 1 N–H and O–H groups in total. The first-order chi connectivity index (χ1) is 7.26. The summed E-state index contributed by atoms with van der Waals surface area (Å²) in [6.07, 6.45) is 1.12. The van der Waals surface area contributed by atoms with Gasteiger partial charge in [0.25, 0.3) is 10.1 Å². The van der Waals surface area contributed by atoms with Crippen molar-refractivity contribution in [1.29, 1.82) is 0 Å². The summed E-state index contributed by atoms with van der Waals surface area (Å²) in [6, 6.07) is 4.95. The molecule has 0 aliphatic heterocycles. The zero-order chi connectivity index (χ0) is 12.8. The summed E-state index contributed by atoms with van der Waals surface area (Å²) in [5.41, 5.74) is 0. The summed E-state index contributed by atoms with van der Waals surface area (Å²) >= 11 is 16.8. The SMILES string of the molecule is C=CCS(=O)(=O)O.Clc1ccc(Cl)c(Cl)c1. The van der Waals surface area contributed by atoms with E-state index in [0.29, 0.717) is 15.1 Å². The van der Waals surface area contributed by atoms with Crippen molar-refractivity contribution in [3.63, 3.8) is 0 Å². The van der Waals surface area contributed by atoms with Crippen molar-refractivity contribution in [1.82, 2.24) is 0 Å². The van der Waals surface area contributed by atoms with Gasteiger partial charge in [0.1, 0.15) is 0 Å². The summed E-state index contributed by atoms with van der Waals surface area (Å²) in [6.45, 7) is 3.11. The van der Waals surface area contributed by atoms with Gasteiger partial charge in [-0.15, -0.1) is 6.58 Å². The molecule has 0 amide bonds. The van der Waals surface area contributed by atoms with Crippen molar-refractivity contribution < 1.29 is 13.0 Å². The maximum atomic E-state index is 9.72. The first kappa shape index (κ1) is 15.7. The Kier molecular flexibility index (Phi) is 7.03. The van der Waals surface area contributed by atoms with Crippen LogP contribution in [0.5, 0.6) is 0 Å². The van der Waals surface area contributed by atoms with Crippen molar-refractivity contribution >= 4 is 44.9 Å². The monoisotopic (exact) mass is 302 g/mol. The molecule has 7 heteroatoms. The molecule has 0 saturated carbocycles. The zero-order valence-electron chi connectivity index (χ0n) is 8.03. The van der Waals surface area contributed by atoms with Gasteiger partial charge in [0.15, 0.2) is 0 Å². The van der Waals surface area contributed by atoms with E-state index in [2.05, 4.69) is 6.58 Å². The lowest BCUT2D eigenvalue weighted by atomic mass is 10.4. The van der Waals surface area contributed by atoms with E-state index in [1.54, 1.807) is 18.2 Å². The molecular weight excluding hydrogens is 295 g/mol. The number of hydrogen-bond acceptors (Lipinski definition) is 2. The van der Waals surface area contributed by atoms with Crippen molar-refractivity contribution in [2.75, 3.05) is 5.75 Å². The van der Waals surface area contributed by atoms with Gasteiger partial charge in [-0.3, -0.25) is 4.55 Å². The van der Waals surface area contributed by atoms with Gasteiger partial charge in [-0.2, -0.15) is 8.42 Å². The second-order valence-corrected chi connectivity index (χ2v) is 5.34. The highest BCUT2D eigenvalue weighted by Gasteiger charge is 1.96. The van der Waals surface area contributed by atoms with Crippen LogP contribution in [0.25, 0.3) is 0 Å². The van der Waals surface area contributed by atoms with Crippen LogP contribution in [-0.4, -0.2) is 18.7 Å². The van der Waals surface area contributed by atoms with Crippen LogP contribution in [-0.2, 0) is 10.1 Å². The van der Waals surface area contributed by atoms with Gasteiger partial charge in [0, 0.05) is 5.02 Å². The van der Waals surface area contributed by atoms with Crippen LogP contribution in [0.3, 0.4) is 0 Å². The molecule has 0 spiro atoms. The molecule has 0 unspecified atom stereocenters. The minimum absolute atomic E-state index is 0.368. The summed E-state index contributed by atoms with van der Waals surface area (Å²) in [7, 11) is -3.79. The Morgan fingerprint density at radius 3 is 2.06 bits per heavy atom. The third-order valence-corrected chi connectivity index (χ3v) is 2.84. The number of rotatable bonds is 2. The number of hydrogen-bond donors (Lipinski definition) is 1. The molecule has 1 aromatic carbocycles. The lowest BCUT2D eigenvalue weighted by Gasteiger charge is -1.92. The average molecular weight is 304 g/mol. The minimum atomic E-state index is -3.79. The average Bonchev–Trinajstić information content (AvgIpc) is 2.11. The zero-order valence-corrected chi connectivity index (χ0v) is 11.1. The largest absolute Gasteiger partial charge is 0.285 e. The molecule has 0 aliphatic carbocycles. The first-order valence-corrected chi connectivity index (χ1v) is 6.67. The molecule has 0 atom stereocenters. The predicted molar refractivity (Wildman–Crippen MR) is 68.1 cm³/mol. The van der Waals surface area contributed by atoms with Crippen LogP contribution in [0.2, 0.25) is 15.1 Å². The minimum Gasteiger partial charge on any atom is -0.285 e. The van der Waals surface area contributed by atoms with E-state index in [1.807, 2.05) is 0 Å². The first-order valence-electron chi connectivity index (χ1n) is 3.93. The Morgan fingerprint density at radius 2 is 1.81 bits per heavy atom. The number of benzene rings is 1. The highest BCUT2D eigenvalue weighted by molar-refractivity contribution is 7.85. The van der Waals surface area contributed by atoms with Gasteiger partial charge in [0.2, 0.25) is 0 Å². The molecule has 0 bridgehead atoms. The van der Waals surface area contributed by atoms with Crippen LogP contribution < -0.4 is 0 Å². The van der Waals surface area contributed by atoms with Crippen LogP contribution in [0.4, 0.5) is 0 Å². The fourth-order valence-electron chi connectivity index (χ4n) is 0.619. The fraction of sp³-hybridized carbons (Fsp3) is 0.111. The predicted octanol–water partition coefficient (Wildman–Crippen LogP) is 3.71. The summed E-state index contributed by atoms with van der Waals surface area (Å²) < 4.78 is 27.3. The highest BCUT2D eigenvalue weighted by Crippen LogP contribution is 2.24. The van der Waals surface area contributed by atoms with Gasteiger partial charge in [-0.1, -0.05) is 40.9 Å². The van der Waals surface area contributed by atoms with E-state index in [0.717, 1.165) is 6.08 Å². The van der Waals surface area contributed by atoms with E-state index >= 15 is 0 Å². The molecular formula is C9H9Cl3O3S. The maximum absolute atomic E-state index is 9.72. The molecule has 90 valence electrons. The normalized spacial score (nSPS) is 10.2. The van der Waals surface area contributed by atoms with Gasteiger partial charge in [-0.25, -0.2) is 0 Å². The Hall–Kier alpha value is -0.260.